The van der Waals surface area contributed by atoms with Gasteiger partial charge in [-0.05, 0) is 57.6 Å². The third kappa shape index (κ3) is 3.31. The highest BCUT2D eigenvalue weighted by Gasteiger charge is 2.02. The topological polar surface area (TPSA) is 52.0 Å². The van der Waals surface area contributed by atoms with E-state index in [1.54, 1.807) is 0 Å². The Balaban J connectivity index is 1.57. The minimum absolute atomic E-state index is 0.784. The van der Waals surface area contributed by atoms with Crippen molar-refractivity contribution in [1.82, 2.24) is 0 Å². The lowest BCUT2D eigenvalue weighted by molar-refractivity contribution is 1.57. The van der Waals surface area contributed by atoms with Crippen LogP contribution in [0.4, 0.5) is 11.4 Å². The predicted octanol–water partition coefficient (Wildman–Crippen LogP) is 5.85. The van der Waals surface area contributed by atoms with Gasteiger partial charge in [0.1, 0.15) is 0 Å². The molecule has 0 atom stereocenters. The summed E-state index contributed by atoms with van der Waals surface area (Å²) in [6, 6.07) is 33.1. The Morgan fingerprint density at radius 2 is 0.423 bits per heavy atom. The predicted molar refractivity (Wildman–Crippen MR) is 112 cm³/mol. The highest BCUT2D eigenvalue weighted by Crippen LogP contribution is 2.28. The van der Waals surface area contributed by atoms with Gasteiger partial charge in [-0.2, -0.15) is 0 Å². The maximum atomic E-state index is 5.76. The van der Waals surface area contributed by atoms with E-state index in [0.717, 1.165) is 11.4 Å². The molecule has 0 amide bonds. The molecule has 0 unspecified atom stereocenters. The molecule has 4 N–H and O–H groups in total. The molecule has 0 fully saturated rings. The van der Waals surface area contributed by atoms with Crippen LogP contribution in [0.25, 0.3) is 33.4 Å². The first kappa shape index (κ1) is 16.0. The minimum Gasteiger partial charge on any atom is -0.399 e. The van der Waals surface area contributed by atoms with Crippen molar-refractivity contribution in [3.05, 3.63) is 97.1 Å². The number of hydrogen-bond donors (Lipinski definition) is 2. The van der Waals surface area contributed by atoms with Gasteiger partial charge in [0.25, 0.3) is 0 Å². The highest BCUT2D eigenvalue weighted by molar-refractivity contribution is 5.74. The molecule has 4 rings (SSSR count). The van der Waals surface area contributed by atoms with Gasteiger partial charge in [0.2, 0.25) is 0 Å². The summed E-state index contributed by atoms with van der Waals surface area (Å²) in [5.41, 5.74) is 20.2. The van der Waals surface area contributed by atoms with E-state index in [-0.39, 0.29) is 0 Å². The smallest absolute Gasteiger partial charge is 0.0314 e. The first-order valence-electron chi connectivity index (χ1n) is 8.61. The second-order valence-corrected chi connectivity index (χ2v) is 6.40. The Hall–Kier alpha value is -3.52. The summed E-state index contributed by atoms with van der Waals surface area (Å²) in [5, 5.41) is 0. The molecular weight excluding hydrogens is 316 g/mol. The molecule has 0 saturated carbocycles. The highest BCUT2D eigenvalue weighted by atomic mass is 14.5. The Morgan fingerprint density at radius 3 is 0.615 bits per heavy atom. The monoisotopic (exact) mass is 336 g/mol. The van der Waals surface area contributed by atoms with Crippen molar-refractivity contribution in [1.29, 1.82) is 0 Å². The van der Waals surface area contributed by atoms with Crippen LogP contribution in [0, 0.1) is 0 Å². The first-order chi connectivity index (χ1) is 12.7. The van der Waals surface area contributed by atoms with Crippen molar-refractivity contribution in [2.45, 2.75) is 0 Å². The van der Waals surface area contributed by atoms with Crippen molar-refractivity contribution < 1.29 is 0 Å². The Kier molecular flexibility index (Phi) is 4.16. The molecule has 126 valence electrons. The Morgan fingerprint density at radius 1 is 0.269 bits per heavy atom. The SMILES string of the molecule is Nc1ccc(-c2ccc(-c3ccc(-c4ccc(N)cc4)cc3)cc2)cc1. The molecule has 0 radical (unpaired) electrons. The van der Waals surface area contributed by atoms with Gasteiger partial charge in [-0.1, -0.05) is 72.8 Å². The zero-order chi connectivity index (χ0) is 17.9. The second kappa shape index (κ2) is 6.77. The van der Waals surface area contributed by atoms with E-state index in [2.05, 4.69) is 48.5 Å². The van der Waals surface area contributed by atoms with Crippen LogP contribution in [0.3, 0.4) is 0 Å². The Bertz CT molecular complexity index is 911. The third-order valence-electron chi connectivity index (χ3n) is 4.59. The zero-order valence-corrected chi connectivity index (χ0v) is 14.4. The fourth-order valence-corrected chi connectivity index (χ4v) is 3.06. The van der Waals surface area contributed by atoms with Gasteiger partial charge >= 0.3 is 0 Å². The number of benzene rings is 4. The van der Waals surface area contributed by atoms with Gasteiger partial charge in [0, 0.05) is 11.4 Å². The van der Waals surface area contributed by atoms with E-state index >= 15 is 0 Å². The van der Waals surface area contributed by atoms with E-state index in [9.17, 15) is 0 Å². The molecule has 2 nitrogen and oxygen atoms in total. The van der Waals surface area contributed by atoms with Crippen LogP contribution < -0.4 is 11.5 Å². The molecular formula is C24H20N2. The molecule has 4 aromatic carbocycles. The zero-order valence-electron chi connectivity index (χ0n) is 14.4. The molecule has 0 bridgehead atoms. The van der Waals surface area contributed by atoms with Gasteiger partial charge in [0.05, 0.1) is 0 Å². The molecule has 0 spiro atoms. The molecule has 2 heteroatoms. The number of hydrogen-bond acceptors (Lipinski definition) is 2. The van der Waals surface area contributed by atoms with Crippen molar-refractivity contribution in [3.63, 3.8) is 0 Å². The van der Waals surface area contributed by atoms with Crippen molar-refractivity contribution >= 4 is 11.4 Å². The number of anilines is 2. The lowest BCUT2D eigenvalue weighted by Gasteiger charge is -2.07. The largest absolute Gasteiger partial charge is 0.399 e. The standard InChI is InChI=1S/C24H20N2/c25-23-13-9-21(10-14-23)19-5-1-17(2-6-19)18-3-7-20(8-4-18)22-11-15-24(26)16-12-22/h1-16H,25-26H2. The van der Waals surface area contributed by atoms with Gasteiger partial charge in [-0.15, -0.1) is 0 Å². The van der Waals surface area contributed by atoms with Crippen molar-refractivity contribution in [3.8, 4) is 33.4 Å². The van der Waals surface area contributed by atoms with Crippen molar-refractivity contribution in [2.24, 2.45) is 0 Å². The summed E-state index contributed by atoms with van der Waals surface area (Å²) in [7, 11) is 0. The van der Waals surface area contributed by atoms with Gasteiger partial charge in [-0.3, -0.25) is 0 Å². The maximum absolute atomic E-state index is 5.76. The van der Waals surface area contributed by atoms with Gasteiger partial charge in [0.15, 0.2) is 0 Å². The summed E-state index contributed by atoms with van der Waals surface area (Å²) < 4.78 is 0. The molecule has 0 aliphatic rings. The van der Waals surface area contributed by atoms with E-state index in [0.29, 0.717) is 0 Å². The van der Waals surface area contributed by atoms with Crippen LogP contribution in [0.1, 0.15) is 0 Å². The molecule has 0 aliphatic carbocycles. The summed E-state index contributed by atoms with van der Waals surface area (Å²) in [5.74, 6) is 0. The molecule has 4 aromatic rings. The quantitative estimate of drug-likeness (QED) is 0.461. The lowest BCUT2D eigenvalue weighted by atomic mass is 9.98. The third-order valence-corrected chi connectivity index (χ3v) is 4.59. The number of rotatable bonds is 3. The summed E-state index contributed by atoms with van der Waals surface area (Å²) >= 11 is 0. The van der Waals surface area contributed by atoms with Crippen LogP contribution in [0.2, 0.25) is 0 Å². The molecule has 26 heavy (non-hydrogen) atoms. The van der Waals surface area contributed by atoms with Crippen LogP contribution in [-0.4, -0.2) is 0 Å². The lowest BCUT2D eigenvalue weighted by Crippen LogP contribution is -1.85. The van der Waals surface area contributed by atoms with Crippen LogP contribution in [0.5, 0.6) is 0 Å². The fourth-order valence-electron chi connectivity index (χ4n) is 3.06. The van der Waals surface area contributed by atoms with E-state index in [4.69, 9.17) is 11.5 Å². The average molecular weight is 336 g/mol. The van der Waals surface area contributed by atoms with E-state index in [1.807, 2.05) is 48.5 Å². The molecule has 0 heterocycles. The molecule has 0 aliphatic heterocycles. The van der Waals surface area contributed by atoms with Gasteiger partial charge < -0.3 is 11.5 Å². The minimum atomic E-state index is 0.784. The molecule has 0 saturated heterocycles. The first-order valence-corrected chi connectivity index (χ1v) is 8.61. The normalized spacial score (nSPS) is 10.6. The Labute approximate surface area is 153 Å². The van der Waals surface area contributed by atoms with E-state index < -0.39 is 0 Å². The number of nitrogens with two attached hydrogens (primary N) is 2. The maximum Gasteiger partial charge on any atom is 0.0314 e. The summed E-state index contributed by atoms with van der Waals surface area (Å²) in [6.45, 7) is 0. The van der Waals surface area contributed by atoms with Crippen LogP contribution >= 0.6 is 0 Å². The summed E-state index contributed by atoms with van der Waals surface area (Å²) in [4.78, 5) is 0. The fraction of sp³-hybridized carbons (Fsp3) is 0. The van der Waals surface area contributed by atoms with Crippen LogP contribution in [-0.2, 0) is 0 Å². The second-order valence-electron chi connectivity index (χ2n) is 6.40. The van der Waals surface area contributed by atoms with Crippen molar-refractivity contribution in [2.75, 3.05) is 11.5 Å². The number of nitrogen functional groups attached to an aromatic ring is 2. The van der Waals surface area contributed by atoms with Gasteiger partial charge in [-0.25, -0.2) is 0 Å². The summed E-state index contributed by atoms with van der Waals surface area (Å²) in [6.07, 6.45) is 0. The molecule has 0 aromatic heterocycles. The van der Waals surface area contributed by atoms with E-state index in [1.165, 1.54) is 33.4 Å². The van der Waals surface area contributed by atoms with Crippen LogP contribution in [0.15, 0.2) is 97.1 Å². The average Bonchev–Trinajstić information content (AvgIpc) is 2.70.